The second-order valence-corrected chi connectivity index (χ2v) is 31.6. The van der Waals surface area contributed by atoms with Gasteiger partial charge in [0.05, 0.1) is 29.5 Å². The van der Waals surface area contributed by atoms with Gasteiger partial charge in [-0.1, -0.05) is 178 Å². The number of benzene rings is 9. The molecule has 18 heteroatoms. The van der Waals surface area contributed by atoms with Crippen LogP contribution in [-0.4, -0.2) is 4.98 Å². The zero-order valence-electron chi connectivity index (χ0n) is 75.4. The molecule has 0 bridgehead atoms. The van der Waals surface area contributed by atoms with Crippen molar-refractivity contribution in [1.82, 2.24) is 4.98 Å². The van der Waals surface area contributed by atoms with E-state index >= 15 is 0 Å². The normalized spacial score (nSPS) is 8.27. The number of ether oxygens (including phenoxy) is 5. The number of hydrogen-bond donors (Lipinski definition) is 0. The van der Waals surface area contributed by atoms with E-state index in [1.54, 1.807) is 18.5 Å². The van der Waals surface area contributed by atoms with E-state index in [0.29, 0.717) is 73.5 Å². The molecule has 0 N–H and O–H groups in total. The van der Waals surface area contributed by atoms with Crippen molar-refractivity contribution < 1.29 is 23.7 Å². The van der Waals surface area contributed by atoms with Gasteiger partial charge in [-0.2, -0.15) is 10.5 Å². The second kappa shape index (κ2) is 69.2. The summed E-state index contributed by atoms with van der Waals surface area (Å²) >= 11 is 42.9. The van der Waals surface area contributed by atoms with Crippen molar-refractivity contribution in [3.05, 3.63) is 260 Å². The number of hydrogen-bond acceptors (Lipinski definition) is 8. The standard InChI is InChI=1S/C25H11Br2NO.2C25H14Br2O.C25H11BrClNO.C24H13Cl2NO/c1-2-3-4-5-6-7-8-9-13-29-24-12-10-11-20(15-24)25-16-21(17-26)23(19-28)14-22(25)18-27;1-3-4-5-6-7-8-9-10-15-28-24-13-11-21(12-14-24)25-17-22(18-26)20(2)16-23(25)19-27;1-3-4-5-6-7-8-9-10-14-28-24-13-11-12-21(16-24)25-17-22(18-26)20(2)15-23(25)19-27;1-2-3-4-5-6-7-8-9-13-29-24-12-10-11-20(15-24)25-16-21(17-26)23(19-28)14-22(25)18-27;1-3-4-5-6-7-8-9-10-11-28-23-13-22(17-27-18-23)24-14-20(15-25)19(2)12-21(24)16-26/h1,10-12,14-16H,17-18H2;1,11-14,16-17H,18-19H2,2H3;1,11-13,15-17H,18-19H2,2H3;1,10-12,14-16H,17-18H2;1,12-14,17-18H,15-16H2,2H3. The van der Waals surface area contributed by atoms with Gasteiger partial charge in [-0.05, 0) is 359 Å². The molecule has 0 unspecified atom stereocenters. The lowest BCUT2D eigenvalue weighted by atomic mass is 9.95. The molecule has 0 radical (unpaired) electrons. The maximum absolute atomic E-state index is 9.33. The van der Waals surface area contributed by atoms with Crippen molar-refractivity contribution in [3.8, 4) is 396 Å². The molecule has 142 heavy (non-hydrogen) atoms. The van der Waals surface area contributed by atoms with Crippen LogP contribution < -0.4 is 23.7 Å². The van der Waals surface area contributed by atoms with Gasteiger partial charge in [-0.3, -0.25) is 4.98 Å². The van der Waals surface area contributed by atoms with Crippen LogP contribution in [0.1, 0.15) is 83.5 Å². The summed E-state index contributed by atoms with van der Waals surface area (Å²) in [7, 11) is 0. The summed E-state index contributed by atoms with van der Waals surface area (Å²) in [5.74, 6) is 102. The SMILES string of the molecule is C#CC#CC#CC#CC#COc1ccc(-c2cc(CBr)c(C)cc2CBr)cc1.C#CC#CC#CC#CC#COc1cccc(-c2cc(CBr)c(C#N)cc2CBr)c1.C#CC#CC#CC#CC#COc1cccc(-c2cc(CBr)c(C#N)cc2CCl)c1.C#CC#CC#CC#CC#COc1cccc(-c2cc(CBr)c(C)cc2CBr)c1.C#CC#CC#CC#CC#COc1cncc(-c2cc(CCl)c(C)cc2CCl)c1. The molecule has 1 heterocycles. The predicted octanol–water partition coefficient (Wildman–Crippen LogP) is 25.2. The van der Waals surface area contributed by atoms with Crippen molar-refractivity contribution in [3.63, 3.8) is 0 Å². The van der Waals surface area contributed by atoms with Crippen molar-refractivity contribution >= 4 is 146 Å². The van der Waals surface area contributed by atoms with Gasteiger partial charge in [-0.25, -0.2) is 0 Å². The third kappa shape index (κ3) is 40.9. The van der Waals surface area contributed by atoms with Gasteiger partial charge in [0.2, 0.25) is 0 Å². The first-order valence-electron chi connectivity index (χ1n) is 40.6. The van der Waals surface area contributed by atoms with E-state index in [4.69, 9.17) is 90.6 Å². The Labute approximate surface area is 907 Å². The van der Waals surface area contributed by atoms with E-state index in [2.05, 4.69) is 440 Å². The number of alkyl halides is 10. The Morgan fingerprint density at radius 1 is 0.239 bits per heavy atom. The molecule has 674 valence electrons. The molecule has 1 aromatic heterocycles. The Bertz CT molecular complexity index is 7820. The summed E-state index contributed by atoms with van der Waals surface area (Å²) in [6.07, 6.45) is 40.8. The summed E-state index contributed by atoms with van der Waals surface area (Å²) in [5.41, 5.74) is 25.9. The number of rotatable bonds is 20. The molecule has 0 fully saturated rings. The first-order chi connectivity index (χ1) is 69.5. The molecule has 0 aliphatic carbocycles. The highest BCUT2D eigenvalue weighted by Gasteiger charge is 2.17. The lowest BCUT2D eigenvalue weighted by Gasteiger charge is -2.13. The number of nitrogens with zero attached hydrogens (tertiary/aromatic N) is 3. The highest BCUT2D eigenvalue weighted by molar-refractivity contribution is 9.09. The van der Waals surface area contributed by atoms with Crippen LogP contribution in [0.25, 0.3) is 55.6 Å². The smallest absolute Gasteiger partial charge is 0.159 e. The first-order valence-corrected chi connectivity index (χ1v) is 50.1. The molecule has 0 saturated carbocycles. The molecule has 0 spiro atoms. The van der Waals surface area contributed by atoms with Crippen molar-refractivity contribution in [2.24, 2.45) is 0 Å². The maximum atomic E-state index is 9.33. The number of terminal acetylenes is 5. The largest absolute Gasteiger partial charge is 0.407 e. The van der Waals surface area contributed by atoms with Crippen molar-refractivity contribution in [2.75, 3.05) is 0 Å². The molecular formula is C124H63Br7Cl3N3O5. The monoisotopic (exact) mass is 2330 g/mol. The van der Waals surface area contributed by atoms with Gasteiger partial charge in [0.15, 0.2) is 5.75 Å². The minimum atomic E-state index is 0.291. The summed E-state index contributed by atoms with van der Waals surface area (Å²) in [4.78, 5) is 4.21. The Morgan fingerprint density at radius 3 is 0.810 bits per heavy atom. The highest BCUT2D eigenvalue weighted by atomic mass is 79.9. The molecule has 0 saturated heterocycles. The molecule has 9 aromatic carbocycles. The minimum Gasteiger partial charge on any atom is -0.407 e. The number of pyridine rings is 1. The van der Waals surface area contributed by atoms with Crippen LogP contribution >= 0.6 is 146 Å². The van der Waals surface area contributed by atoms with Gasteiger partial charge in [0.1, 0.15) is 53.5 Å². The highest BCUT2D eigenvalue weighted by Crippen LogP contribution is 2.38. The van der Waals surface area contributed by atoms with Crippen LogP contribution in [0, 0.1) is 343 Å². The third-order valence-electron chi connectivity index (χ3n) is 18.0. The van der Waals surface area contributed by atoms with Gasteiger partial charge < -0.3 is 23.7 Å². The average molecular weight is 2340 g/mol. The first kappa shape index (κ1) is 114. The van der Waals surface area contributed by atoms with Crippen molar-refractivity contribution in [2.45, 2.75) is 75.7 Å². The molecule has 0 aliphatic rings. The molecule has 8 nitrogen and oxygen atoms in total. The zero-order valence-corrected chi connectivity index (χ0v) is 88.7. The fourth-order valence-corrected chi connectivity index (χ4v) is 15.8. The molecule has 0 aliphatic heterocycles. The predicted molar refractivity (Wildman–Crippen MR) is 601 cm³/mol. The van der Waals surface area contributed by atoms with Crippen LogP contribution in [0.4, 0.5) is 0 Å². The van der Waals surface area contributed by atoms with Gasteiger partial charge in [-0.15, -0.1) is 66.9 Å². The van der Waals surface area contributed by atoms with E-state index in [9.17, 15) is 10.5 Å². The molecule has 0 amide bonds. The summed E-state index contributed by atoms with van der Waals surface area (Å²) in [6.45, 7) is 6.26. The number of aromatic nitrogens is 1. The Hall–Kier alpha value is -16.7. The second-order valence-electron chi connectivity index (χ2n) is 26.8. The van der Waals surface area contributed by atoms with Gasteiger partial charge in [0, 0.05) is 185 Å². The van der Waals surface area contributed by atoms with Crippen LogP contribution in [-0.2, 0) is 55.0 Å². The van der Waals surface area contributed by atoms with E-state index in [0.717, 1.165) is 105 Å². The summed E-state index contributed by atoms with van der Waals surface area (Å²) in [6, 6.07) is 57.5. The molecule has 10 aromatic rings. The van der Waals surface area contributed by atoms with Crippen molar-refractivity contribution in [1.29, 1.82) is 10.5 Å². The van der Waals surface area contributed by atoms with Crippen LogP contribution in [0.5, 0.6) is 28.7 Å². The Kier molecular flexibility index (Phi) is 55.6. The zero-order chi connectivity index (χ0) is 102. The quantitative estimate of drug-likeness (QED) is 0.0549. The average Bonchev–Trinajstić information content (AvgIpc) is 0.812. The van der Waals surface area contributed by atoms with E-state index in [1.807, 2.05) is 134 Å². The fraction of sp³-hybridized carbons (Fsp3) is 0.105. The number of halogens is 10. The van der Waals surface area contributed by atoms with Crippen LogP contribution in [0.15, 0.2) is 176 Å². The number of nitriles is 2. The summed E-state index contributed by atoms with van der Waals surface area (Å²) < 4.78 is 27.1. The molecular weight excluding hydrogens is 2280 g/mol. The Morgan fingerprint density at radius 2 is 0.486 bits per heavy atom. The molecule has 10 rings (SSSR count). The van der Waals surface area contributed by atoms with E-state index < -0.39 is 0 Å². The molecule has 0 atom stereocenters. The third-order valence-corrected chi connectivity index (χ3v) is 23.1. The van der Waals surface area contributed by atoms with E-state index in [-0.39, 0.29) is 0 Å². The number of aryl methyl sites for hydroxylation is 3. The van der Waals surface area contributed by atoms with Gasteiger partial charge >= 0.3 is 0 Å². The van der Waals surface area contributed by atoms with E-state index in [1.165, 1.54) is 44.5 Å². The fourth-order valence-electron chi connectivity index (χ4n) is 11.6. The minimum absolute atomic E-state index is 0.291. The topological polar surface area (TPSA) is 107 Å². The Balaban J connectivity index is 0.000000272. The van der Waals surface area contributed by atoms with Gasteiger partial charge in [0.25, 0.3) is 0 Å². The van der Waals surface area contributed by atoms with Crippen LogP contribution in [0.3, 0.4) is 0 Å². The lowest BCUT2D eigenvalue weighted by Crippen LogP contribution is -1.94. The lowest BCUT2D eigenvalue weighted by molar-refractivity contribution is 0.517. The summed E-state index contributed by atoms with van der Waals surface area (Å²) in [5, 5.41) is 23.7. The maximum Gasteiger partial charge on any atom is 0.159 e. The van der Waals surface area contributed by atoms with Crippen LogP contribution in [0.2, 0.25) is 0 Å².